The smallest absolute Gasteiger partial charge is 0.222 e. The molecule has 0 radical (unpaired) electrons. The van der Waals surface area contributed by atoms with Crippen LogP contribution in [0.1, 0.15) is 120 Å². The van der Waals surface area contributed by atoms with Crippen molar-refractivity contribution in [3.05, 3.63) is 0 Å². The normalized spacial score (nSPS) is 15.5. The first-order valence-electron chi connectivity index (χ1n) is 15.9. The number of unbranched alkanes of at least 4 members (excludes halogenated alkanes) is 3. The van der Waals surface area contributed by atoms with E-state index in [2.05, 4.69) is 43.6 Å². The van der Waals surface area contributed by atoms with Gasteiger partial charge in [-0.2, -0.15) is 0 Å². The van der Waals surface area contributed by atoms with Gasteiger partial charge in [-0.1, -0.05) is 87.0 Å². The lowest BCUT2D eigenvalue weighted by Crippen LogP contribution is -2.48. The van der Waals surface area contributed by atoms with Gasteiger partial charge in [0.2, 0.25) is 17.7 Å². The Kier molecular flexibility index (Phi) is 21.0. The third-order valence-corrected chi connectivity index (χ3v) is 8.19. The van der Waals surface area contributed by atoms with Crippen molar-refractivity contribution in [2.75, 3.05) is 33.0 Å². The molecule has 0 aromatic heterocycles. The third kappa shape index (κ3) is 16.5. The van der Waals surface area contributed by atoms with Crippen LogP contribution in [0.5, 0.6) is 0 Å². The molecule has 0 aliphatic carbocycles. The van der Waals surface area contributed by atoms with Gasteiger partial charge in [0.05, 0.1) is 12.6 Å². The second-order valence-corrected chi connectivity index (χ2v) is 12.5. The number of ether oxygens (including phenoxy) is 1. The van der Waals surface area contributed by atoms with Crippen LogP contribution >= 0.6 is 0 Å². The lowest BCUT2D eigenvalue weighted by Gasteiger charge is -2.39. The van der Waals surface area contributed by atoms with Gasteiger partial charge < -0.3 is 20.7 Å². The lowest BCUT2D eigenvalue weighted by atomic mass is 9.70. The van der Waals surface area contributed by atoms with Crippen LogP contribution in [0, 0.1) is 29.1 Å². The van der Waals surface area contributed by atoms with E-state index in [-0.39, 0.29) is 47.8 Å². The van der Waals surface area contributed by atoms with Crippen molar-refractivity contribution >= 4 is 17.7 Å². The van der Waals surface area contributed by atoms with E-state index in [0.29, 0.717) is 26.3 Å². The maximum absolute atomic E-state index is 13.9. The molecule has 0 aromatic carbocycles. The Hall–Kier alpha value is -1.70. The number of alkyl halides is 1. The predicted octanol–water partition coefficient (Wildman–Crippen LogP) is 6.20. The molecule has 0 aliphatic rings. The largest absolute Gasteiger partial charge is 0.379 e. The molecule has 1 unspecified atom stereocenters. The molecule has 0 fully saturated rings. The quantitative estimate of drug-likeness (QED) is 0.120. The molecule has 8 heteroatoms. The molecular formula is C32H62FN3O4. The molecule has 0 saturated heterocycles. The zero-order valence-corrected chi connectivity index (χ0v) is 27.0. The van der Waals surface area contributed by atoms with Gasteiger partial charge in [-0.05, 0) is 42.4 Å². The van der Waals surface area contributed by atoms with Crippen molar-refractivity contribution in [2.45, 2.75) is 126 Å². The van der Waals surface area contributed by atoms with Gasteiger partial charge >= 0.3 is 0 Å². The average molecular weight is 572 g/mol. The van der Waals surface area contributed by atoms with Crippen LogP contribution in [0.4, 0.5) is 4.39 Å². The van der Waals surface area contributed by atoms with Crippen molar-refractivity contribution < 1.29 is 23.5 Å². The summed E-state index contributed by atoms with van der Waals surface area (Å²) in [4.78, 5) is 36.9. The first kappa shape index (κ1) is 38.3. The number of nitrogens with one attached hydrogen (secondary N) is 3. The number of hydrogen-bond acceptors (Lipinski definition) is 4. The van der Waals surface area contributed by atoms with E-state index in [9.17, 15) is 18.8 Å². The highest BCUT2D eigenvalue weighted by Gasteiger charge is 2.37. The van der Waals surface area contributed by atoms with Gasteiger partial charge in [0.1, 0.15) is 6.67 Å². The standard InChI is InChI=1S/C32H62FN3O4/c1-9-12-15-24(4)31(39)34-18-19-40-23-25(5)27(16-13-10-2)22-35-30(38)20-32(7,8)28(17-14-11-3)29(21-33)36-26(6)37/h24-25,27-29H,9-23H2,1-8H3,(H,34,39)(H,35,38)(H,36,37)/t24-,25?,27-,28-,29-/m1/s1. The van der Waals surface area contributed by atoms with Crippen LogP contribution in [0.15, 0.2) is 0 Å². The summed E-state index contributed by atoms with van der Waals surface area (Å²) in [5.41, 5.74) is -0.468. The van der Waals surface area contributed by atoms with Crippen molar-refractivity contribution in [2.24, 2.45) is 29.1 Å². The molecule has 7 nitrogen and oxygen atoms in total. The Morgan fingerprint density at radius 1 is 0.900 bits per heavy atom. The fourth-order valence-corrected chi connectivity index (χ4v) is 5.44. The van der Waals surface area contributed by atoms with E-state index in [1.54, 1.807) is 0 Å². The number of amides is 3. The predicted molar refractivity (Wildman–Crippen MR) is 163 cm³/mol. The Bertz CT molecular complexity index is 704. The van der Waals surface area contributed by atoms with Crippen LogP contribution in [0.2, 0.25) is 0 Å². The van der Waals surface area contributed by atoms with E-state index in [1.807, 2.05) is 20.8 Å². The topological polar surface area (TPSA) is 96.5 Å². The van der Waals surface area contributed by atoms with Crippen LogP contribution in [0.25, 0.3) is 0 Å². The molecule has 236 valence electrons. The highest BCUT2D eigenvalue weighted by Crippen LogP contribution is 2.37. The monoisotopic (exact) mass is 571 g/mol. The second kappa shape index (κ2) is 22.0. The molecule has 0 rings (SSSR count). The summed E-state index contributed by atoms with van der Waals surface area (Å²) in [6.07, 6.45) is 9.16. The fraction of sp³-hybridized carbons (Fsp3) is 0.906. The highest BCUT2D eigenvalue weighted by molar-refractivity contribution is 5.78. The van der Waals surface area contributed by atoms with Crippen LogP contribution in [-0.4, -0.2) is 56.7 Å². The third-order valence-electron chi connectivity index (χ3n) is 8.19. The minimum absolute atomic E-state index is 0.0288. The summed E-state index contributed by atoms with van der Waals surface area (Å²) in [7, 11) is 0. The molecule has 40 heavy (non-hydrogen) atoms. The van der Waals surface area contributed by atoms with Gasteiger partial charge in [-0.3, -0.25) is 14.4 Å². The van der Waals surface area contributed by atoms with Crippen molar-refractivity contribution in [3.63, 3.8) is 0 Å². The van der Waals surface area contributed by atoms with Gasteiger partial charge in [0.15, 0.2) is 0 Å². The van der Waals surface area contributed by atoms with Gasteiger partial charge in [-0.25, -0.2) is 4.39 Å². The number of carbonyl (C=O) groups excluding carboxylic acids is 3. The molecule has 3 N–H and O–H groups in total. The Balaban J connectivity index is 4.91. The van der Waals surface area contributed by atoms with Crippen molar-refractivity contribution in [1.29, 1.82) is 0 Å². The fourth-order valence-electron chi connectivity index (χ4n) is 5.44. The maximum atomic E-state index is 13.9. The highest BCUT2D eigenvalue weighted by atomic mass is 19.1. The second-order valence-electron chi connectivity index (χ2n) is 12.5. The minimum Gasteiger partial charge on any atom is -0.379 e. The summed E-state index contributed by atoms with van der Waals surface area (Å²) in [6, 6.07) is -0.592. The number of carbonyl (C=O) groups is 3. The molecule has 0 aliphatic heterocycles. The number of hydrogen-bond donors (Lipinski definition) is 3. The lowest BCUT2D eigenvalue weighted by molar-refractivity contribution is -0.125. The van der Waals surface area contributed by atoms with E-state index in [0.717, 1.165) is 57.8 Å². The molecule has 0 aromatic rings. The van der Waals surface area contributed by atoms with Crippen LogP contribution in [-0.2, 0) is 19.1 Å². The van der Waals surface area contributed by atoms with Gasteiger partial charge in [-0.15, -0.1) is 0 Å². The minimum atomic E-state index is -0.642. The molecule has 0 bridgehead atoms. The Morgan fingerprint density at radius 3 is 2.08 bits per heavy atom. The summed E-state index contributed by atoms with van der Waals surface area (Å²) >= 11 is 0. The van der Waals surface area contributed by atoms with E-state index >= 15 is 0 Å². The first-order chi connectivity index (χ1) is 18.9. The summed E-state index contributed by atoms with van der Waals surface area (Å²) < 4.78 is 19.8. The average Bonchev–Trinajstić information content (AvgIpc) is 2.89. The maximum Gasteiger partial charge on any atom is 0.222 e. The van der Waals surface area contributed by atoms with E-state index in [4.69, 9.17) is 4.74 Å². The molecule has 0 heterocycles. The molecule has 5 atom stereocenters. The first-order valence-corrected chi connectivity index (χ1v) is 15.9. The van der Waals surface area contributed by atoms with Crippen molar-refractivity contribution in [3.8, 4) is 0 Å². The van der Waals surface area contributed by atoms with Crippen LogP contribution in [0.3, 0.4) is 0 Å². The molecule has 3 amide bonds. The van der Waals surface area contributed by atoms with E-state index < -0.39 is 18.1 Å². The molecule has 0 spiro atoms. The zero-order chi connectivity index (χ0) is 30.6. The molecular weight excluding hydrogens is 509 g/mol. The summed E-state index contributed by atoms with van der Waals surface area (Å²) in [6.45, 7) is 17.4. The van der Waals surface area contributed by atoms with Gasteiger partial charge in [0.25, 0.3) is 0 Å². The van der Waals surface area contributed by atoms with E-state index in [1.165, 1.54) is 6.92 Å². The SMILES string of the molecule is CCCC[C@H](CNC(=O)CC(C)(C)[C@H](CCCC)[C@@H](CF)NC(C)=O)C(C)COCCNC(=O)[C@H](C)CCCC. The van der Waals surface area contributed by atoms with Gasteiger partial charge in [0, 0.05) is 39.0 Å². The number of halogens is 1. The Morgan fingerprint density at radius 2 is 1.50 bits per heavy atom. The summed E-state index contributed by atoms with van der Waals surface area (Å²) in [5.74, 6) is 0.233. The molecule has 0 saturated carbocycles. The summed E-state index contributed by atoms with van der Waals surface area (Å²) in [5, 5.41) is 8.89. The Labute approximate surface area is 244 Å². The van der Waals surface area contributed by atoms with Crippen molar-refractivity contribution in [1.82, 2.24) is 16.0 Å². The zero-order valence-electron chi connectivity index (χ0n) is 27.0. The number of rotatable bonds is 24. The van der Waals surface area contributed by atoms with Crippen LogP contribution < -0.4 is 16.0 Å².